The highest BCUT2D eigenvalue weighted by atomic mass is 35.5. The molecule has 0 aliphatic rings. The van der Waals surface area contributed by atoms with Crippen LogP contribution < -0.4 is 20.8 Å². The summed E-state index contributed by atoms with van der Waals surface area (Å²) in [5.41, 5.74) is 4.49. The number of anilines is 2. The van der Waals surface area contributed by atoms with Gasteiger partial charge < -0.3 is 15.4 Å². The number of benzene rings is 3. The number of rotatable bonds is 7. The summed E-state index contributed by atoms with van der Waals surface area (Å²) < 4.78 is 5.48. The maximum absolute atomic E-state index is 12.1. The van der Waals surface area contributed by atoms with Gasteiger partial charge in [-0.05, 0) is 66.6 Å². The van der Waals surface area contributed by atoms with E-state index in [4.69, 9.17) is 27.9 Å². The number of halogens is 2. The first kappa shape index (κ1) is 24.8. The van der Waals surface area contributed by atoms with Crippen LogP contribution in [0.3, 0.4) is 0 Å². The molecule has 0 fully saturated rings. The fourth-order valence-electron chi connectivity index (χ4n) is 2.69. The van der Waals surface area contributed by atoms with Crippen molar-refractivity contribution in [2.45, 2.75) is 6.92 Å². The van der Waals surface area contributed by atoms with E-state index < -0.39 is 11.8 Å². The quantitative estimate of drug-likeness (QED) is 0.254. The summed E-state index contributed by atoms with van der Waals surface area (Å²) in [7, 11) is 0. The van der Waals surface area contributed by atoms with E-state index in [0.717, 1.165) is 5.56 Å². The van der Waals surface area contributed by atoms with E-state index in [-0.39, 0.29) is 12.5 Å². The van der Waals surface area contributed by atoms with Gasteiger partial charge in [0.15, 0.2) is 6.61 Å². The number of carbonyl (C=O) groups is 3. The standard InChI is InChI=1S/C24H20Cl2N4O4/c1-15-18(25)6-4-8-20(15)28-22(31)14-34-17-11-9-16(10-12-17)13-27-30-24(33)23(32)29-21-7-3-2-5-19(21)26/h2-13H,14H2,1H3,(H,28,31)(H,29,32)(H,30,33)/b27-13-. The smallest absolute Gasteiger partial charge is 0.329 e. The van der Waals surface area contributed by atoms with Crippen molar-refractivity contribution in [3.8, 4) is 5.75 Å². The SMILES string of the molecule is Cc1c(Cl)cccc1NC(=O)COc1ccc(/C=N\NC(=O)C(=O)Nc2ccccc2Cl)cc1. The Kier molecular flexibility index (Phi) is 8.61. The number of nitrogens with zero attached hydrogens (tertiary/aromatic N) is 1. The van der Waals surface area contributed by atoms with Gasteiger partial charge in [-0.15, -0.1) is 0 Å². The van der Waals surface area contributed by atoms with Gasteiger partial charge in [-0.1, -0.05) is 41.4 Å². The minimum absolute atomic E-state index is 0.185. The molecular weight excluding hydrogens is 479 g/mol. The van der Waals surface area contributed by atoms with E-state index in [1.807, 2.05) is 6.92 Å². The van der Waals surface area contributed by atoms with E-state index in [1.54, 1.807) is 66.7 Å². The molecule has 34 heavy (non-hydrogen) atoms. The predicted octanol–water partition coefficient (Wildman–Crippen LogP) is 4.41. The Morgan fingerprint density at radius 3 is 2.26 bits per heavy atom. The van der Waals surface area contributed by atoms with Crippen LogP contribution in [0.1, 0.15) is 11.1 Å². The second-order valence-electron chi connectivity index (χ2n) is 6.95. The van der Waals surface area contributed by atoms with Crippen molar-refractivity contribution >= 4 is 58.5 Å². The van der Waals surface area contributed by atoms with Gasteiger partial charge in [0.25, 0.3) is 5.91 Å². The van der Waals surface area contributed by atoms with Crippen LogP contribution in [0.25, 0.3) is 0 Å². The van der Waals surface area contributed by atoms with Crippen LogP contribution in [0.5, 0.6) is 5.75 Å². The van der Waals surface area contributed by atoms with Gasteiger partial charge in [-0.2, -0.15) is 5.10 Å². The first-order valence-corrected chi connectivity index (χ1v) is 10.8. The van der Waals surface area contributed by atoms with Gasteiger partial charge in [-0.3, -0.25) is 14.4 Å². The van der Waals surface area contributed by atoms with E-state index >= 15 is 0 Å². The van der Waals surface area contributed by atoms with Crippen LogP contribution in [-0.2, 0) is 14.4 Å². The Labute approximate surface area is 205 Å². The van der Waals surface area contributed by atoms with Gasteiger partial charge >= 0.3 is 11.8 Å². The van der Waals surface area contributed by atoms with E-state index in [0.29, 0.717) is 32.7 Å². The number of amides is 3. The molecule has 3 N–H and O–H groups in total. The van der Waals surface area contributed by atoms with Gasteiger partial charge in [0.2, 0.25) is 0 Å². The molecule has 0 unspecified atom stereocenters. The average Bonchev–Trinajstić information content (AvgIpc) is 2.83. The molecule has 3 amide bonds. The van der Waals surface area contributed by atoms with Crippen molar-refractivity contribution in [2.24, 2.45) is 5.10 Å². The average molecular weight is 499 g/mol. The molecular formula is C24H20Cl2N4O4. The van der Waals surface area contributed by atoms with Gasteiger partial charge in [0, 0.05) is 10.7 Å². The van der Waals surface area contributed by atoms with E-state index in [2.05, 4.69) is 21.2 Å². The Hall–Kier alpha value is -3.88. The molecule has 3 aromatic carbocycles. The lowest BCUT2D eigenvalue weighted by atomic mass is 10.2. The van der Waals surface area contributed by atoms with Crippen molar-refractivity contribution in [1.82, 2.24) is 5.43 Å². The van der Waals surface area contributed by atoms with E-state index in [1.165, 1.54) is 6.21 Å². The van der Waals surface area contributed by atoms with Crippen LogP contribution in [0.15, 0.2) is 71.8 Å². The molecule has 8 nitrogen and oxygen atoms in total. The van der Waals surface area contributed by atoms with Crippen LogP contribution in [0.2, 0.25) is 10.0 Å². The minimum atomic E-state index is -0.947. The number of ether oxygens (including phenoxy) is 1. The van der Waals surface area contributed by atoms with Gasteiger partial charge in [0.05, 0.1) is 16.9 Å². The maximum Gasteiger partial charge on any atom is 0.329 e. The zero-order valence-corrected chi connectivity index (χ0v) is 19.5. The number of hydrogen-bond donors (Lipinski definition) is 3. The highest BCUT2D eigenvalue weighted by molar-refractivity contribution is 6.41. The number of para-hydroxylation sites is 1. The van der Waals surface area contributed by atoms with Gasteiger partial charge in [0.1, 0.15) is 5.75 Å². The van der Waals surface area contributed by atoms with Crippen LogP contribution >= 0.6 is 23.2 Å². The third-order valence-electron chi connectivity index (χ3n) is 4.50. The van der Waals surface area contributed by atoms with Crippen molar-refractivity contribution in [3.05, 3.63) is 87.9 Å². The molecule has 0 bridgehead atoms. The van der Waals surface area contributed by atoms with Crippen molar-refractivity contribution in [2.75, 3.05) is 17.2 Å². The van der Waals surface area contributed by atoms with Crippen molar-refractivity contribution in [1.29, 1.82) is 0 Å². The zero-order chi connectivity index (χ0) is 24.5. The number of hydrazone groups is 1. The summed E-state index contributed by atoms with van der Waals surface area (Å²) >= 11 is 12.0. The van der Waals surface area contributed by atoms with Crippen LogP contribution in [0, 0.1) is 6.92 Å². The molecule has 0 saturated carbocycles. The fourth-order valence-corrected chi connectivity index (χ4v) is 3.04. The lowest BCUT2D eigenvalue weighted by molar-refractivity contribution is -0.136. The first-order valence-electron chi connectivity index (χ1n) is 10.00. The summed E-state index contributed by atoms with van der Waals surface area (Å²) in [6, 6.07) is 18.4. The molecule has 0 spiro atoms. The highest BCUT2D eigenvalue weighted by Gasteiger charge is 2.14. The summed E-state index contributed by atoms with van der Waals surface area (Å²) in [5, 5.41) is 9.78. The van der Waals surface area contributed by atoms with Crippen molar-refractivity contribution in [3.63, 3.8) is 0 Å². The second-order valence-corrected chi connectivity index (χ2v) is 7.77. The summed E-state index contributed by atoms with van der Waals surface area (Å²) in [5.74, 6) is -1.70. The molecule has 10 heteroatoms. The third kappa shape index (κ3) is 7.06. The molecule has 0 atom stereocenters. The first-order chi connectivity index (χ1) is 16.3. The number of nitrogens with one attached hydrogen (secondary N) is 3. The van der Waals surface area contributed by atoms with Crippen LogP contribution in [0.4, 0.5) is 11.4 Å². The van der Waals surface area contributed by atoms with Crippen LogP contribution in [-0.4, -0.2) is 30.5 Å². The normalized spacial score (nSPS) is 10.6. The lowest BCUT2D eigenvalue weighted by Gasteiger charge is -2.10. The maximum atomic E-state index is 12.1. The minimum Gasteiger partial charge on any atom is -0.484 e. The molecule has 3 aromatic rings. The molecule has 0 heterocycles. The Balaban J connectivity index is 1.45. The Morgan fingerprint density at radius 2 is 1.53 bits per heavy atom. The number of hydrogen-bond acceptors (Lipinski definition) is 5. The van der Waals surface area contributed by atoms with Crippen molar-refractivity contribution < 1.29 is 19.1 Å². The predicted molar refractivity (Wildman–Crippen MR) is 133 cm³/mol. The monoisotopic (exact) mass is 498 g/mol. The molecule has 0 aliphatic heterocycles. The molecule has 174 valence electrons. The third-order valence-corrected chi connectivity index (χ3v) is 5.24. The Morgan fingerprint density at radius 1 is 0.853 bits per heavy atom. The van der Waals surface area contributed by atoms with Gasteiger partial charge in [-0.25, -0.2) is 5.43 Å². The lowest BCUT2D eigenvalue weighted by Crippen LogP contribution is -2.32. The second kappa shape index (κ2) is 11.8. The summed E-state index contributed by atoms with van der Waals surface area (Å²) in [6.07, 6.45) is 1.36. The summed E-state index contributed by atoms with van der Waals surface area (Å²) in [6.45, 7) is 1.63. The summed E-state index contributed by atoms with van der Waals surface area (Å²) in [4.78, 5) is 35.9. The topological polar surface area (TPSA) is 109 Å². The molecule has 0 aromatic heterocycles. The fraction of sp³-hybridized carbons (Fsp3) is 0.0833. The molecule has 0 radical (unpaired) electrons. The molecule has 3 rings (SSSR count). The largest absolute Gasteiger partial charge is 0.484 e. The molecule has 0 aliphatic carbocycles. The van der Waals surface area contributed by atoms with E-state index in [9.17, 15) is 14.4 Å². The zero-order valence-electron chi connectivity index (χ0n) is 18.0. The Bertz CT molecular complexity index is 1230. The highest BCUT2D eigenvalue weighted by Crippen LogP contribution is 2.23. The number of carbonyl (C=O) groups excluding carboxylic acids is 3. The molecule has 0 saturated heterocycles.